The Labute approximate surface area is 97.5 Å². The Kier molecular flexibility index (Phi) is 5.91. The smallest absolute Gasteiger partial charge is 0.306 e. The summed E-state index contributed by atoms with van der Waals surface area (Å²) in [7, 11) is 1.43. The summed E-state index contributed by atoms with van der Waals surface area (Å²) in [5, 5.41) is 0. The van der Waals surface area contributed by atoms with Crippen LogP contribution >= 0.6 is 0 Å². The Bertz CT molecular complexity index is 252. The van der Waals surface area contributed by atoms with Gasteiger partial charge in [-0.2, -0.15) is 0 Å². The van der Waals surface area contributed by atoms with Crippen LogP contribution in [0, 0.1) is 12.3 Å². The number of hydrogen-bond acceptors (Lipinski definition) is 4. The first-order valence-corrected chi connectivity index (χ1v) is 5.71. The summed E-state index contributed by atoms with van der Waals surface area (Å²) in [5.74, 6) is 2.53. The van der Waals surface area contributed by atoms with Gasteiger partial charge in [0.15, 0.2) is 0 Å². The molecule has 1 heterocycles. The summed E-state index contributed by atoms with van der Waals surface area (Å²) in [5.41, 5.74) is 0. The minimum atomic E-state index is -0.130. The highest BCUT2D eigenvalue weighted by molar-refractivity contribution is 5.69. The number of ether oxygens (including phenoxy) is 1. The third-order valence-corrected chi connectivity index (χ3v) is 2.90. The van der Waals surface area contributed by atoms with Crippen LogP contribution in [0.1, 0.15) is 12.8 Å². The van der Waals surface area contributed by atoms with Crippen molar-refractivity contribution in [2.45, 2.75) is 12.8 Å². The van der Waals surface area contributed by atoms with Crippen molar-refractivity contribution >= 4 is 5.97 Å². The molecule has 0 aromatic heterocycles. The van der Waals surface area contributed by atoms with Crippen molar-refractivity contribution in [2.75, 3.05) is 46.4 Å². The second kappa shape index (κ2) is 7.26. The van der Waals surface area contributed by atoms with Crippen LogP contribution in [-0.2, 0) is 9.53 Å². The van der Waals surface area contributed by atoms with E-state index in [2.05, 4.69) is 20.5 Å². The van der Waals surface area contributed by atoms with Gasteiger partial charge in [0.25, 0.3) is 0 Å². The Morgan fingerprint density at radius 3 is 2.31 bits per heavy atom. The molecule has 4 heteroatoms. The lowest BCUT2D eigenvalue weighted by atomic mass is 10.2. The molecule has 0 unspecified atom stereocenters. The van der Waals surface area contributed by atoms with E-state index < -0.39 is 0 Å². The molecule has 1 saturated heterocycles. The van der Waals surface area contributed by atoms with E-state index in [0.29, 0.717) is 6.42 Å². The Balaban J connectivity index is 2.12. The second-order valence-corrected chi connectivity index (χ2v) is 3.96. The van der Waals surface area contributed by atoms with Gasteiger partial charge >= 0.3 is 5.97 Å². The molecule has 0 spiro atoms. The number of methoxy groups -OCH3 is 1. The van der Waals surface area contributed by atoms with Gasteiger partial charge in [0.05, 0.1) is 13.5 Å². The highest BCUT2D eigenvalue weighted by Crippen LogP contribution is 2.03. The fraction of sp³-hybridized carbons (Fsp3) is 0.750. The van der Waals surface area contributed by atoms with Gasteiger partial charge < -0.3 is 9.64 Å². The fourth-order valence-electron chi connectivity index (χ4n) is 1.81. The summed E-state index contributed by atoms with van der Waals surface area (Å²) >= 11 is 0. The average molecular weight is 224 g/mol. The molecule has 0 radical (unpaired) electrons. The number of hydrogen-bond donors (Lipinski definition) is 0. The van der Waals surface area contributed by atoms with E-state index in [1.54, 1.807) is 0 Å². The van der Waals surface area contributed by atoms with Crippen molar-refractivity contribution < 1.29 is 9.53 Å². The molecule has 0 aromatic rings. The maximum atomic E-state index is 11.0. The maximum Gasteiger partial charge on any atom is 0.306 e. The fourth-order valence-corrected chi connectivity index (χ4v) is 1.81. The predicted octanol–water partition coefficient (Wildman–Crippen LogP) is 0.190. The van der Waals surface area contributed by atoms with E-state index in [-0.39, 0.29) is 5.97 Å². The SMILES string of the molecule is C#CCCN1CCN(CCC(=O)OC)CC1. The number of esters is 1. The molecule has 0 atom stereocenters. The van der Waals surface area contributed by atoms with Gasteiger partial charge in [-0.1, -0.05) is 0 Å². The number of nitrogens with zero attached hydrogens (tertiary/aromatic N) is 2. The van der Waals surface area contributed by atoms with Crippen molar-refractivity contribution in [3.05, 3.63) is 0 Å². The van der Waals surface area contributed by atoms with Crippen molar-refractivity contribution in [3.8, 4) is 12.3 Å². The lowest BCUT2D eigenvalue weighted by molar-refractivity contribution is -0.141. The molecule has 90 valence electrons. The lowest BCUT2D eigenvalue weighted by Gasteiger charge is -2.34. The number of rotatable bonds is 5. The van der Waals surface area contributed by atoms with Gasteiger partial charge in [-0.3, -0.25) is 9.69 Å². The van der Waals surface area contributed by atoms with Crippen LogP contribution < -0.4 is 0 Å². The van der Waals surface area contributed by atoms with Gasteiger partial charge in [-0.15, -0.1) is 12.3 Å². The standard InChI is InChI=1S/C12H20N2O2/c1-3-4-6-13-8-10-14(11-9-13)7-5-12(15)16-2/h1H,4-11H2,2H3. The molecular formula is C12H20N2O2. The van der Waals surface area contributed by atoms with Crippen molar-refractivity contribution in [2.24, 2.45) is 0 Å². The zero-order chi connectivity index (χ0) is 11.8. The highest BCUT2D eigenvalue weighted by Gasteiger charge is 2.16. The Morgan fingerprint density at radius 2 is 1.81 bits per heavy atom. The minimum Gasteiger partial charge on any atom is -0.469 e. The highest BCUT2D eigenvalue weighted by atomic mass is 16.5. The van der Waals surface area contributed by atoms with E-state index in [1.807, 2.05) is 0 Å². The van der Waals surface area contributed by atoms with Crippen LogP contribution in [0.3, 0.4) is 0 Å². The Hall–Kier alpha value is -1.05. The van der Waals surface area contributed by atoms with Crippen LogP contribution in [0.25, 0.3) is 0 Å². The van der Waals surface area contributed by atoms with Crippen LogP contribution in [0.2, 0.25) is 0 Å². The molecule has 0 bridgehead atoms. The summed E-state index contributed by atoms with van der Waals surface area (Å²) in [4.78, 5) is 15.6. The first kappa shape index (κ1) is 13.0. The molecule has 1 fully saturated rings. The van der Waals surface area contributed by atoms with Crippen molar-refractivity contribution in [1.29, 1.82) is 0 Å². The van der Waals surface area contributed by atoms with Gasteiger partial charge in [0, 0.05) is 45.7 Å². The lowest BCUT2D eigenvalue weighted by Crippen LogP contribution is -2.47. The predicted molar refractivity (Wildman–Crippen MR) is 63.0 cm³/mol. The van der Waals surface area contributed by atoms with Crippen LogP contribution in [0.15, 0.2) is 0 Å². The van der Waals surface area contributed by atoms with Gasteiger partial charge in [-0.05, 0) is 0 Å². The third-order valence-electron chi connectivity index (χ3n) is 2.90. The number of terminal acetylenes is 1. The van der Waals surface area contributed by atoms with Gasteiger partial charge in [0.1, 0.15) is 0 Å². The number of carbonyl (C=O) groups is 1. The molecule has 0 aliphatic carbocycles. The second-order valence-electron chi connectivity index (χ2n) is 3.96. The molecule has 0 N–H and O–H groups in total. The number of carbonyl (C=O) groups excluding carboxylic acids is 1. The van der Waals surface area contributed by atoms with Crippen molar-refractivity contribution in [3.63, 3.8) is 0 Å². The molecule has 1 aliphatic heterocycles. The molecule has 16 heavy (non-hydrogen) atoms. The Morgan fingerprint density at radius 1 is 1.25 bits per heavy atom. The summed E-state index contributed by atoms with van der Waals surface area (Å²) in [6, 6.07) is 0. The zero-order valence-electron chi connectivity index (χ0n) is 9.95. The molecule has 1 aliphatic rings. The topological polar surface area (TPSA) is 32.8 Å². The third kappa shape index (κ3) is 4.65. The normalized spacial score (nSPS) is 18.0. The zero-order valence-corrected chi connectivity index (χ0v) is 9.95. The van der Waals surface area contributed by atoms with Gasteiger partial charge in [-0.25, -0.2) is 0 Å². The quantitative estimate of drug-likeness (QED) is 0.493. The summed E-state index contributed by atoms with van der Waals surface area (Å²) in [6.45, 7) is 5.91. The van der Waals surface area contributed by atoms with E-state index in [1.165, 1.54) is 7.11 Å². The molecule has 4 nitrogen and oxygen atoms in total. The number of piperazine rings is 1. The monoisotopic (exact) mass is 224 g/mol. The summed E-state index contributed by atoms with van der Waals surface area (Å²) in [6.07, 6.45) is 6.54. The van der Waals surface area contributed by atoms with Crippen LogP contribution in [0.5, 0.6) is 0 Å². The van der Waals surface area contributed by atoms with E-state index in [0.717, 1.165) is 45.7 Å². The van der Waals surface area contributed by atoms with Crippen LogP contribution in [0.4, 0.5) is 0 Å². The van der Waals surface area contributed by atoms with Crippen molar-refractivity contribution in [1.82, 2.24) is 9.80 Å². The maximum absolute atomic E-state index is 11.0. The minimum absolute atomic E-state index is 0.130. The molecule has 0 amide bonds. The average Bonchev–Trinajstić information content (AvgIpc) is 2.34. The van der Waals surface area contributed by atoms with E-state index in [4.69, 9.17) is 6.42 Å². The van der Waals surface area contributed by atoms with E-state index in [9.17, 15) is 4.79 Å². The van der Waals surface area contributed by atoms with Gasteiger partial charge in [0.2, 0.25) is 0 Å². The van der Waals surface area contributed by atoms with Crippen LogP contribution in [-0.4, -0.2) is 62.1 Å². The molecule has 0 saturated carbocycles. The first-order chi connectivity index (χ1) is 7.76. The first-order valence-electron chi connectivity index (χ1n) is 5.71. The van der Waals surface area contributed by atoms with E-state index >= 15 is 0 Å². The molecule has 0 aromatic carbocycles. The summed E-state index contributed by atoms with van der Waals surface area (Å²) < 4.78 is 4.62. The molecular weight excluding hydrogens is 204 g/mol. The largest absolute Gasteiger partial charge is 0.469 e. The molecule has 1 rings (SSSR count).